The molecule has 1 aromatic heterocycles. The van der Waals surface area contributed by atoms with E-state index in [2.05, 4.69) is 17.2 Å². The zero-order chi connectivity index (χ0) is 12.1. The first-order valence-electron chi connectivity index (χ1n) is 5.75. The first-order valence-corrected chi connectivity index (χ1v) is 5.75. The van der Waals surface area contributed by atoms with Crippen molar-refractivity contribution in [3.05, 3.63) is 59.9 Å². The van der Waals surface area contributed by atoms with E-state index in [9.17, 15) is 0 Å². The number of pyridine rings is 1. The summed E-state index contributed by atoms with van der Waals surface area (Å²) < 4.78 is 0. The van der Waals surface area contributed by atoms with Gasteiger partial charge < -0.3 is 11.1 Å². The maximum atomic E-state index is 5.89. The van der Waals surface area contributed by atoms with E-state index in [1.54, 1.807) is 0 Å². The lowest BCUT2D eigenvalue weighted by atomic mass is 10.1. The second-order valence-corrected chi connectivity index (χ2v) is 4.06. The molecule has 17 heavy (non-hydrogen) atoms. The Bertz CT molecular complexity index is 468. The number of benzene rings is 1. The predicted octanol–water partition coefficient (Wildman–Crippen LogP) is 2.51. The van der Waals surface area contributed by atoms with Gasteiger partial charge in [-0.1, -0.05) is 24.3 Å². The van der Waals surface area contributed by atoms with Crippen molar-refractivity contribution in [1.29, 1.82) is 0 Å². The fourth-order valence-corrected chi connectivity index (χ4v) is 1.69. The van der Waals surface area contributed by atoms with Gasteiger partial charge in [-0.05, 0) is 30.7 Å². The molecule has 2 rings (SSSR count). The van der Waals surface area contributed by atoms with Crippen molar-refractivity contribution in [2.75, 3.05) is 5.73 Å². The van der Waals surface area contributed by atoms with Crippen molar-refractivity contribution < 1.29 is 0 Å². The van der Waals surface area contributed by atoms with Gasteiger partial charge in [-0.15, -0.1) is 0 Å². The van der Waals surface area contributed by atoms with Crippen LogP contribution in [0.2, 0.25) is 0 Å². The van der Waals surface area contributed by atoms with Gasteiger partial charge in [0.15, 0.2) is 0 Å². The van der Waals surface area contributed by atoms with Gasteiger partial charge in [-0.25, -0.2) is 0 Å². The van der Waals surface area contributed by atoms with Gasteiger partial charge in [0, 0.05) is 24.5 Å². The smallest absolute Gasteiger partial charge is 0.0570 e. The van der Waals surface area contributed by atoms with Gasteiger partial charge in [-0.3, -0.25) is 4.98 Å². The normalized spacial score (nSPS) is 12.3. The van der Waals surface area contributed by atoms with Gasteiger partial charge in [-0.2, -0.15) is 0 Å². The van der Waals surface area contributed by atoms with Crippen molar-refractivity contribution in [2.24, 2.45) is 0 Å². The molecule has 1 aromatic carbocycles. The molecule has 0 radical (unpaired) electrons. The second kappa shape index (κ2) is 5.46. The molecule has 0 aliphatic heterocycles. The summed E-state index contributed by atoms with van der Waals surface area (Å²) in [5.41, 5.74) is 8.88. The molecule has 2 aromatic rings. The largest absolute Gasteiger partial charge is 0.398 e. The minimum Gasteiger partial charge on any atom is -0.398 e. The predicted molar refractivity (Wildman–Crippen MR) is 70.3 cm³/mol. The van der Waals surface area contributed by atoms with E-state index in [1.165, 1.54) is 0 Å². The molecule has 0 saturated heterocycles. The lowest BCUT2D eigenvalue weighted by Gasteiger charge is -2.14. The zero-order valence-corrected chi connectivity index (χ0v) is 9.93. The monoisotopic (exact) mass is 227 g/mol. The van der Waals surface area contributed by atoms with E-state index in [1.807, 2.05) is 48.7 Å². The van der Waals surface area contributed by atoms with E-state index in [4.69, 9.17) is 5.73 Å². The highest BCUT2D eigenvalue weighted by molar-refractivity contribution is 5.46. The highest BCUT2D eigenvalue weighted by Gasteiger charge is 2.06. The van der Waals surface area contributed by atoms with Gasteiger partial charge in [0.25, 0.3) is 0 Å². The molecule has 0 unspecified atom stereocenters. The Kier molecular flexibility index (Phi) is 3.73. The Morgan fingerprint density at radius 3 is 2.65 bits per heavy atom. The third-order valence-electron chi connectivity index (χ3n) is 2.79. The fourth-order valence-electron chi connectivity index (χ4n) is 1.69. The highest BCUT2D eigenvalue weighted by atomic mass is 14.9. The van der Waals surface area contributed by atoms with Gasteiger partial charge in [0.2, 0.25) is 0 Å². The van der Waals surface area contributed by atoms with Crippen LogP contribution in [0, 0.1) is 0 Å². The summed E-state index contributed by atoms with van der Waals surface area (Å²) in [5.74, 6) is 0. The molecule has 0 aliphatic rings. The summed E-state index contributed by atoms with van der Waals surface area (Å²) in [5, 5.41) is 3.41. The van der Waals surface area contributed by atoms with Crippen LogP contribution in [0.4, 0.5) is 5.69 Å². The van der Waals surface area contributed by atoms with E-state index < -0.39 is 0 Å². The van der Waals surface area contributed by atoms with Crippen molar-refractivity contribution in [3.8, 4) is 0 Å². The number of nitrogen functional groups attached to an aromatic ring is 1. The maximum absolute atomic E-state index is 5.89. The number of anilines is 1. The Morgan fingerprint density at radius 1 is 1.18 bits per heavy atom. The number of nitrogens with zero attached hydrogens (tertiary/aromatic N) is 1. The molecular weight excluding hydrogens is 210 g/mol. The summed E-state index contributed by atoms with van der Waals surface area (Å²) >= 11 is 0. The van der Waals surface area contributed by atoms with Crippen molar-refractivity contribution >= 4 is 5.69 Å². The molecule has 3 nitrogen and oxygen atoms in total. The van der Waals surface area contributed by atoms with Gasteiger partial charge in [0.1, 0.15) is 0 Å². The molecular formula is C14H17N3. The maximum Gasteiger partial charge on any atom is 0.0570 e. The quantitative estimate of drug-likeness (QED) is 0.789. The summed E-state index contributed by atoms with van der Waals surface area (Å²) in [6.07, 6.45) is 1.81. The SMILES string of the molecule is C[C@H](NCc1ccccc1N)c1ccccn1. The molecule has 0 amide bonds. The topological polar surface area (TPSA) is 50.9 Å². The van der Waals surface area contributed by atoms with Crippen LogP contribution >= 0.6 is 0 Å². The van der Waals surface area contributed by atoms with Crippen molar-refractivity contribution in [1.82, 2.24) is 10.3 Å². The Hall–Kier alpha value is -1.87. The molecule has 1 heterocycles. The van der Waals surface area contributed by atoms with E-state index in [0.717, 1.165) is 23.5 Å². The highest BCUT2D eigenvalue weighted by Crippen LogP contribution is 2.13. The molecule has 0 aliphatic carbocycles. The van der Waals surface area contributed by atoms with Crippen LogP contribution < -0.4 is 11.1 Å². The third-order valence-corrected chi connectivity index (χ3v) is 2.79. The number of hydrogen-bond acceptors (Lipinski definition) is 3. The van der Waals surface area contributed by atoms with Gasteiger partial charge in [0.05, 0.1) is 5.69 Å². The average Bonchev–Trinajstić information content (AvgIpc) is 2.38. The number of aromatic nitrogens is 1. The Morgan fingerprint density at radius 2 is 1.94 bits per heavy atom. The molecule has 3 N–H and O–H groups in total. The fraction of sp³-hybridized carbons (Fsp3) is 0.214. The molecule has 3 heteroatoms. The third kappa shape index (κ3) is 3.04. The summed E-state index contributed by atoms with van der Waals surface area (Å²) in [7, 11) is 0. The van der Waals surface area contributed by atoms with Gasteiger partial charge >= 0.3 is 0 Å². The molecule has 0 spiro atoms. The Labute approximate surface area is 102 Å². The molecule has 0 bridgehead atoms. The van der Waals surface area contributed by atoms with Crippen LogP contribution in [0.5, 0.6) is 0 Å². The van der Waals surface area contributed by atoms with Crippen LogP contribution in [0.15, 0.2) is 48.7 Å². The van der Waals surface area contributed by atoms with Crippen molar-refractivity contribution in [3.63, 3.8) is 0 Å². The lowest BCUT2D eigenvalue weighted by Crippen LogP contribution is -2.19. The lowest BCUT2D eigenvalue weighted by molar-refractivity contribution is 0.562. The average molecular weight is 227 g/mol. The molecule has 0 fully saturated rings. The summed E-state index contributed by atoms with van der Waals surface area (Å²) in [6, 6.07) is 14.1. The minimum atomic E-state index is 0.218. The first-order chi connectivity index (χ1) is 8.27. The molecule has 88 valence electrons. The van der Waals surface area contributed by atoms with Crippen LogP contribution in [-0.4, -0.2) is 4.98 Å². The first kappa shape index (κ1) is 11.6. The number of nitrogens with one attached hydrogen (secondary N) is 1. The van der Waals surface area contributed by atoms with Crippen molar-refractivity contribution in [2.45, 2.75) is 19.5 Å². The second-order valence-electron chi connectivity index (χ2n) is 4.06. The number of para-hydroxylation sites is 1. The standard InChI is InChI=1S/C14H17N3/c1-11(14-8-4-5-9-16-14)17-10-12-6-2-3-7-13(12)15/h2-9,11,17H,10,15H2,1H3/t11-/m0/s1. The van der Waals surface area contributed by atoms with E-state index in [-0.39, 0.29) is 6.04 Å². The Balaban J connectivity index is 1.97. The van der Waals surface area contributed by atoms with Crippen LogP contribution in [0.25, 0.3) is 0 Å². The minimum absolute atomic E-state index is 0.218. The van der Waals surface area contributed by atoms with Crippen LogP contribution in [-0.2, 0) is 6.54 Å². The van der Waals surface area contributed by atoms with Crippen LogP contribution in [0.1, 0.15) is 24.2 Å². The summed E-state index contributed by atoms with van der Waals surface area (Å²) in [6.45, 7) is 2.85. The number of hydrogen-bond donors (Lipinski definition) is 2. The summed E-state index contributed by atoms with van der Waals surface area (Å²) in [4.78, 5) is 4.32. The number of rotatable bonds is 4. The van der Waals surface area contributed by atoms with E-state index in [0.29, 0.717) is 0 Å². The zero-order valence-electron chi connectivity index (χ0n) is 9.93. The molecule has 0 saturated carbocycles. The van der Waals surface area contributed by atoms with E-state index >= 15 is 0 Å². The van der Waals surface area contributed by atoms with Crippen LogP contribution in [0.3, 0.4) is 0 Å². The number of nitrogens with two attached hydrogens (primary N) is 1. The molecule has 1 atom stereocenters.